The molecule has 0 aromatic rings. The van der Waals surface area contributed by atoms with Gasteiger partial charge in [-0.15, -0.1) is 0 Å². The van der Waals surface area contributed by atoms with Gasteiger partial charge >= 0.3 is 0 Å². The normalized spacial score (nSPS) is 48.5. The second-order valence-electron chi connectivity index (χ2n) is 4.19. The lowest BCUT2D eigenvalue weighted by molar-refractivity contribution is 0.0578. The fraction of sp³-hybridized carbons (Fsp3) is 1.00. The van der Waals surface area contributed by atoms with Crippen LogP contribution in [-0.4, -0.2) is 6.61 Å². The van der Waals surface area contributed by atoms with Crippen molar-refractivity contribution in [1.29, 1.82) is 0 Å². The van der Waals surface area contributed by atoms with Gasteiger partial charge in [-0.1, -0.05) is 6.92 Å². The standard InChI is InChI=1S/C9H17NO/c1-6-7-2-3-8(4-7)9(6)5-11-10/h6-9H,2-5,10H2,1H3. The highest BCUT2D eigenvalue weighted by Crippen LogP contribution is 2.51. The van der Waals surface area contributed by atoms with E-state index in [4.69, 9.17) is 10.7 Å². The summed E-state index contributed by atoms with van der Waals surface area (Å²) in [5.74, 6) is 8.64. The molecule has 2 nitrogen and oxygen atoms in total. The summed E-state index contributed by atoms with van der Waals surface area (Å²) in [4.78, 5) is 4.75. The second kappa shape index (κ2) is 2.76. The smallest absolute Gasteiger partial charge is 0.0712 e. The lowest BCUT2D eigenvalue weighted by atomic mass is 9.81. The third kappa shape index (κ3) is 1.09. The van der Waals surface area contributed by atoms with Crippen LogP contribution in [0.25, 0.3) is 0 Å². The molecule has 2 heteroatoms. The number of hydrogen-bond donors (Lipinski definition) is 1. The summed E-state index contributed by atoms with van der Waals surface area (Å²) in [5, 5.41) is 0. The van der Waals surface area contributed by atoms with Gasteiger partial charge in [0.1, 0.15) is 0 Å². The summed E-state index contributed by atoms with van der Waals surface area (Å²) in [5.41, 5.74) is 0. The Bertz CT molecular complexity index is 146. The van der Waals surface area contributed by atoms with Gasteiger partial charge in [0.05, 0.1) is 6.61 Å². The molecular weight excluding hydrogens is 138 g/mol. The first-order valence-electron chi connectivity index (χ1n) is 4.64. The molecule has 0 amide bonds. The summed E-state index contributed by atoms with van der Waals surface area (Å²) >= 11 is 0. The Hall–Kier alpha value is -0.0800. The minimum atomic E-state index is 0.763. The minimum absolute atomic E-state index is 0.763. The van der Waals surface area contributed by atoms with E-state index in [0.29, 0.717) is 0 Å². The van der Waals surface area contributed by atoms with Crippen LogP contribution in [0.1, 0.15) is 26.2 Å². The summed E-state index contributed by atoms with van der Waals surface area (Å²) in [6.45, 7) is 3.13. The Balaban J connectivity index is 2.00. The maximum Gasteiger partial charge on any atom is 0.0712 e. The lowest BCUT2D eigenvalue weighted by Crippen LogP contribution is -2.25. The SMILES string of the molecule is CC1C2CCC(C2)C1CON. The molecule has 0 saturated heterocycles. The number of hydrogen-bond acceptors (Lipinski definition) is 2. The Kier molecular flexibility index (Phi) is 1.90. The van der Waals surface area contributed by atoms with E-state index in [-0.39, 0.29) is 0 Å². The van der Waals surface area contributed by atoms with E-state index in [1.807, 2.05) is 0 Å². The Morgan fingerprint density at radius 2 is 2.09 bits per heavy atom. The molecule has 0 aromatic carbocycles. The van der Waals surface area contributed by atoms with E-state index < -0.39 is 0 Å². The largest absolute Gasteiger partial charge is 0.304 e. The predicted molar refractivity (Wildman–Crippen MR) is 43.6 cm³/mol. The number of fused-ring (bicyclic) bond motifs is 2. The van der Waals surface area contributed by atoms with E-state index in [9.17, 15) is 0 Å². The van der Waals surface area contributed by atoms with Crippen LogP contribution in [-0.2, 0) is 4.84 Å². The van der Waals surface area contributed by atoms with Crippen LogP contribution in [0, 0.1) is 23.7 Å². The molecule has 0 aromatic heterocycles. The first-order chi connectivity index (χ1) is 5.33. The molecule has 0 spiro atoms. The average molecular weight is 155 g/mol. The van der Waals surface area contributed by atoms with E-state index in [1.54, 1.807) is 0 Å². The topological polar surface area (TPSA) is 35.2 Å². The van der Waals surface area contributed by atoms with Gasteiger partial charge in [0, 0.05) is 0 Å². The summed E-state index contributed by atoms with van der Waals surface area (Å²) in [6.07, 6.45) is 4.31. The van der Waals surface area contributed by atoms with Gasteiger partial charge in [0.15, 0.2) is 0 Å². The molecular formula is C9H17NO. The zero-order valence-electron chi connectivity index (χ0n) is 7.12. The number of nitrogens with two attached hydrogens (primary N) is 1. The molecule has 4 unspecified atom stereocenters. The predicted octanol–water partition coefficient (Wildman–Crippen LogP) is 1.56. The van der Waals surface area contributed by atoms with Gasteiger partial charge in [0.2, 0.25) is 0 Å². The van der Waals surface area contributed by atoms with E-state index in [0.717, 1.165) is 30.3 Å². The highest BCUT2D eigenvalue weighted by Gasteiger charge is 2.44. The Morgan fingerprint density at radius 1 is 1.36 bits per heavy atom. The maximum atomic E-state index is 5.10. The van der Waals surface area contributed by atoms with Crippen molar-refractivity contribution in [3.8, 4) is 0 Å². The third-order valence-electron chi connectivity index (χ3n) is 3.83. The molecule has 64 valence electrons. The zero-order valence-corrected chi connectivity index (χ0v) is 7.12. The third-order valence-corrected chi connectivity index (χ3v) is 3.83. The molecule has 2 bridgehead atoms. The lowest BCUT2D eigenvalue weighted by Gasteiger charge is -2.26. The molecule has 4 atom stereocenters. The van der Waals surface area contributed by atoms with Crippen molar-refractivity contribution < 1.29 is 4.84 Å². The molecule has 0 heterocycles. The molecule has 2 fully saturated rings. The fourth-order valence-electron chi connectivity index (χ4n) is 3.10. The molecule has 2 N–H and O–H groups in total. The summed E-state index contributed by atoms with van der Waals surface area (Å²) < 4.78 is 0. The van der Waals surface area contributed by atoms with Gasteiger partial charge in [-0.25, -0.2) is 5.90 Å². The van der Waals surface area contributed by atoms with Gasteiger partial charge in [-0.2, -0.15) is 0 Å². The highest BCUT2D eigenvalue weighted by atomic mass is 16.6. The van der Waals surface area contributed by atoms with Crippen molar-refractivity contribution in [2.75, 3.05) is 6.61 Å². The van der Waals surface area contributed by atoms with Crippen molar-refractivity contribution in [2.24, 2.45) is 29.6 Å². The van der Waals surface area contributed by atoms with Crippen LogP contribution in [0.3, 0.4) is 0 Å². The van der Waals surface area contributed by atoms with Crippen molar-refractivity contribution in [3.05, 3.63) is 0 Å². The molecule has 11 heavy (non-hydrogen) atoms. The van der Waals surface area contributed by atoms with E-state index in [1.165, 1.54) is 19.3 Å². The quantitative estimate of drug-likeness (QED) is 0.614. The van der Waals surface area contributed by atoms with Gasteiger partial charge in [-0.3, -0.25) is 0 Å². The van der Waals surface area contributed by atoms with Crippen LogP contribution in [0.15, 0.2) is 0 Å². The fourth-order valence-corrected chi connectivity index (χ4v) is 3.10. The first kappa shape index (κ1) is 7.56. The van der Waals surface area contributed by atoms with E-state index >= 15 is 0 Å². The second-order valence-corrected chi connectivity index (χ2v) is 4.19. The van der Waals surface area contributed by atoms with Crippen LogP contribution in [0.4, 0.5) is 0 Å². The Labute approximate surface area is 68.1 Å². The highest BCUT2D eigenvalue weighted by molar-refractivity contribution is 4.94. The molecule has 2 aliphatic carbocycles. The average Bonchev–Trinajstić information content (AvgIpc) is 2.54. The maximum absolute atomic E-state index is 5.10. The molecule has 2 rings (SSSR count). The van der Waals surface area contributed by atoms with Gasteiger partial charge in [0.25, 0.3) is 0 Å². The Morgan fingerprint density at radius 3 is 2.64 bits per heavy atom. The van der Waals surface area contributed by atoms with Crippen LogP contribution in [0.5, 0.6) is 0 Å². The van der Waals surface area contributed by atoms with Crippen LogP contribution in [0.2, 0.25) is 0 Å². The summed E-state index contributed by atoms with van der Waals surface area (Å²) in [7, 11) is 0. The number of rotatable bonds is 2. The van der Waals surface area contributed by atoms with Crippen molar-refractivity contribution in [2.45, 2.75) is 26.2 Å². The van der Waals surface area contributed by atoms with E-state index in [2.05, 4.69) is 6.92 Å². The minimum Gasteiger partial charge on any atom is -0.304 e. The van der Waals surface area contributed by atoms with Crippen molar-refractivity contribution >= 4 is 0 Å². The molecule has 0 radical (unpaired) electrons. The van der Waals surface area contributed by atoms with Gasteiger partial charge in [-0.05, 0) is 42.9 Å². The zero-order chi connectivity index (χ0) is 7.84. The van der Waals surface area contributed by atoms with Crippen molar-refractivity contribution in [3.63, 3.8) is 0 Å². The molecule has 2 aliphatic rings. The van der Waals surface area contributed by atoms with Gasteiger partial charge < -0.3 is 4.84 Å². The first-order valence-corrected chi connectivity index (χ1v) is 4.64. The van der Waals surface area contributed by atoms with Crippen LogP contribution < -0.4 is 5.90 Å². The molecule has 2 saturated carbocycles. The molecule has 0 aliphatic heterocycles. The van der Waals surface area contributed by atoms with Crippen molar-refractivity contribution in [1.82, 2.24) is 0 Å². The summed E-state index contributed by atoms with van der Waals surface area (Å²) in [6, 6.07) is 0. The monoisotopic (exact) mass is 155 g/mol. The van der Waals surface area contributed by atoms with Crippen LogP contribution >= 0.6 is 0 Å².